The second-order valence-electron chi connectivity index (χ2n) is 7.15. The molecule has 2 fully saturated rings. The molecular formula is C20H28N2O3. The van der Waals surface area contributed by atoms with E-state index in [1.807, 2.05) is 29.2 Å². The van der Waals surface area contributed by atoms with Gasteiger partial charge in [-0.2, -0.15) is 0 Å². The molecule has 5 heteroatoms. The summed E-state index contributed by atoms with van der Waals surface area (Å²) in [5, 5.41) is 3.13. The number of hydrogen-bond acceptors (Lipinski definition) is 3. The highest BCUT2D eigenvalue weighted by atomic mass is 16.5. The smallest absolute Gasteiger partial charge is 0.225 e. The van der Waals surface area contributed by atoms with Crippen LogP contribution in [0.1, 0.15) is 44.1 Å². The predicted octanol–water partition coefficient (Wildman–Crippen LogP) is 2.54. The van der Waals surface area contributed by atoms with Gasteiger partial charge in [0.15, 0.2) is 0 Å². The fraction of sp³-hybridized carbons (Fsp3) is 0.600. The molecule has 1 aliphatic heterocycles. The number of amides is 2. The Balaban J connectivity index is 1.38. The number of carbonyl (C=O) groups excluding carboxylic acids is 2. The van der Waals surface area contributed by atoms with Gasteiger partial charge in [0.2, 0.25) is 11.8 Å². The lowest BCUT2D eigenvalue weighted by Gasteiger charge is -2.36. The molecule has 1 aliphatic carbocycles. The average molecular weight is 344 g/mol. The lowest BCUT2D eigenvalue weighted by Crippen LogP contribution is -2.48. The molecule has 1 saturated heterocycles. The van der Waals surface area contributed by atoms with Crippen molar-refractivity contribution in [2.24, 2.45) is 5.92 Å². The van der Waals surface area contributed by atoms with Crippen molar-refractivity contribution in [1.82, 2.24) is 10.2 Å². The first-order valence-electron chi connectivity index (χ1n) is 9.37. The summed E-state index contributed by atoms with van der Waals surface area (Å²) in [6.07, 6.45) is 6.22. The van der Waals surface area contributed by atoms with Crippen LogP contribution in [0.3, 0.4) is 0 Å². The molecule has 0 radical (unpaired) electrons. The highest BCUT2D eigenvalue weighted by molar-refractivity contribution is 5.80. The summed E-state index contributed by atoms with van der Waals surface area (Å²) >= 11 is 0. The Morgan fingerprint density at radius 1 is 1.20 bits per heavy atom. The van der Waals surface area contributed by atoms with Crippen LogP contribution in [0.25, 0.3) is 0 Å². The molecule has 1 aromatic carbocycles. The first-order chi connectivity index (χ1) is 12.2. The third-order valence-corrected chi connectivity index (χ3v) is 5.40. The molecule has 3 rings (SSSR count). The van der Waals surface area contributed by atoms with Gasteiger partial charge in [0.05, 0.1) is 7.11 Å². The molecule has 2 aliphatic rings. The van der Waals surface area contributed by atoms with Crippen molar-refractivity contribution in [3.63, 3.8) is 0 Å². The van der Waals surface area contributed by atoms with Crippen LogP contribution in [0.4, 0.5) is 0 Å². The Labute approximate surface area is 149 Å². The second-order valence-corrected chi connectivity index (χ2v) is 7.15. The molecule has 0 atom stereocenters. The number of nitrogens with one attached hydrogen (secondary N) is 1. The van der Waals surface area contributed by atoms with Gasteiger partial charge in [0, 0.05) is 31.5 Å². The number of rotatable bonds is 6. The standard InChI is InChI=1S/C20H28N2O3/c1-25-18-7-2-4-15(14-18)8-9-19(23)21-17-10-12-22(13-11-17)20(24)16-5-3-6-16/h2,4,7,14,16-17H,3,5-6,8-13H2,1H3,(H,21,23). The quantitative estimate of drug-likeness (QED) is 0.863. The minimum atomic E-state index is 0.0894. The third kappa shape index (κ3) is 4.74. The molecular weight excluding hydrogens is 316 g/mol. The minimum Gasteiger partial charge on any atom is -0.497 e. The molecule has 0 bridgehead atoms. The van der Waals surface area contributed by atoms with Gasteiger partial charge in [-0.25, -0.2) is 0 Å². The van der Waals surface area contributed by atoms with Gasteiger partial charge in [0.25, 0.3) is 0 Å². The molecule has 0 aromatic heterocycles. The minimum absolute atomic E-state index is 0.0894. The van der Waals surface area contributed by atoms with E-state index in [1.54, 1.807) is 7.11 Å². The van der Waals surface area contributed by atoms with E-state index in [-0.39, 0.29) is 17.9 Å². The van der Waals surface area contributed by atoms with Gasteiger partial charge in [-0.1, -0.05) is 18.6 Å². The Morgan fingerprint density at radius 3 is 2.60 bits per heavy atom. The molecule has 0 unspecified atom stereocenters. The van der Waals surface area contributed by atoms with Crippen molar-refractivity contribution in [2.45, 2.75) is 51.0 Å². The van der Waals surface area contributed by atoms with Gasteiger partial charge < -0.3 is 15.0 Å². The Morgan fingerprint density at radius 2 is 1.96 bits per heavy atom. The molecule has 5 nitrogen and oxygen atoms in total. The Kier molecular flexibility index (Phi) is 5.95. The van der Waals surface area contributed by atoms with Crippen molar-refractivity contribution >= 4 is 11.8 Å². The average Bonchev–Trinajstić information content (AvgIpc) is 2.59. The number of hydrogen-bond donors (Lipinski definition) is 1. The van der Waals surface area contributed by atoms with Gasteiger partial charge in [-0.15, -0.1) is 0 Å². The van der Waals surface area contributed by atoms with Crippen LogP contribution in [0.15, 0.2) is 24.3 Å². The lowest BCUT2D eigenvalue weighted by atomic mass is 9.84. The molecule has 1 heterocycles. The Bertz CT molecular complexity index is 605. The number of benzene rings is 1. The second kappa shape index (κ2) is 8.37. The van der Waals surface area contributed by atoms with Gasteiger partial charge in [-0.3, -0.25) is 9.59 Å². The zero-order valence-electron chi connectivity index (χ0n) is 15.0. The molecule has 25 heavy (non-hydrogen) atoms. The predicted molar refractivity (Wildman–Crippen MR) is 96.4 cm³/mol. The zero-order valence-corrected chi connectivity index (χ0v) is 15.0. The number of nitrogens with zero attached hydrogens (tertiary/aromatic N) is 1. The monoisotopic (exact) mass is 344 g/mol. The molecule has 2 amide bonds. The Hall–Kier alpha value is -2.04. The number of ether oxygens (including phenoxy) is 1. The summed E-state index contributed by atoms with van der Waals surface area (Å²) in [5.41, 5.74) is 1.11. The number of piperidine rings is 1. The van der Waals surface area contributed by atoms with Crippen LogP contribution < -0.4 is 10.1 Å². The fourth-order valence-corrected chi connectivity index (χ4v) is 3.54. The zero-order chi connectivity index (χ0) is 17.6. The maximum atomic E-state index is 12.2. The molecule has 1 saturated carbocycles. The third-order valence-electron chi connectivity index (χ3n) is 5.40. The first-order valence-corrected chi connectivity index (χ1v) is 9.37. The van der Waals surface area contributed by atoms with Crippen molar-refractivity contribution in [2.75, 3.05) is 20.2 Å². The maximum Gasteiger partial charge on any atom is 0.225 e. The van der Waals surface area contributed by atoms with Crippen LogP contribution in [0.5, 0.6) is 5.75 Å². The van der Waals surface area contributed by atoms with E-state index >= 15 is 0 Å². The van der Waals surface area contributed by atoms with Crippen molar-refractivity contribution < 1.29 is 14.3 Å². The summed E-state index contributed by atoms with van der Waals surface area (Å²) in [4.78, 5) is 26.4. The lowest BCUT2D eigenvalue weighted by molar-refractivity contribution is -0.139. The summed E-state index contributed by atoms with van der Waals surface area (Å²) < 4.78 is 5.21. The number of likely N-dealkylation sites (tertiary alicyclic amines) is 1. The first kappa shape index (κ1) is 17.8. The van der Waals surface area contributed by atoms with E-state index < -0.39 is 0 Å². The highest BCUT2D eigenvalue weighted by Gasteiger charge is 2.31. The summed E-state index contributed by atoms with van der Waals surface area (Å²) in [5.74, 6) is 1.51. The summed E-state index contributed by atoms with van der Waals surface area (Å²) in [7, 11) is 1.65. The van der Waals surface area contributed by atoms with Crippen molar-refractivity contribution in [1.29, 1.82) is 0 Å². The van der Waals surface area contributed by atoms with Crippen LogP contribution >= 0.6 is 0 Å². The molecule has 136 valence electrons. The molecule has 1 aromatic rings. The van der Waals surface area contributed by atoms with E-state index in [1.165, 1.54) is 6.42 Å². The van der Waals surface area contributed by atoms with E-state index in [0.717, 1.165) is 50.1 Å². The van der Waals surface area contributed by atoms with E-state index in [9.17, 15) is 9.59 Å². The van der Waals surface area contributed by atoms with Crippen LogP contribution in [-0.2, 0) is 16.0 Å². The topological polar surface area (TPSA) is 58.6 Å². The summed E-state index contributed by atoms with van der Waals surface area (Å²) in [6.45, 7) is 1.55. The SMILES string of the molecule is COc1cccc(CCC(=O)NC2CCN(C(=O)C3CCC3)CC2)c1. The number of carbonyl (C=O) groups is 2. The highest BCUT2D eigenvalue weighted by Crippen LogP contribution is 2.29. The van der Waals surface area contributed by atoms with Crippen molar-refractivity contribution in [3.8, 4) is 5.75 Å². The maximum absolute atomic E-state index is 12.2. The van der Waals surface area contributed by atoms with Gasteiger partial charge in [0.1, 0.15) is 5.75 Å². The number of methoxy groups -OCH3 is 1. The summed E-state index contributed by atoms with van der Waals surface area (Å²) in [6, 6.07) is 8.03. The van der Waals surface area contributed by atoms with Crippen LogP contribution in [0.2, 0.25) is 0 Å². The van der Waals surface area contributed by atoms with E-state index in [4.69, 9.17) is 4.74 Å². The molecule has 0 spiro atoms. The number of aryl methyl sites for hydroxylation is 1. The van der Waals surface area contributed by atoms with Crippen molar-refractivity contribution in [3.05, 3.63) is 29.8 Å². The van der Waals surface area contributed by atoms with E-state index in [0.29, 0.717) is 18.7 Å². The van der Waals surface area contributed by atoms with E-state index in [2.05, 4.69) is 5.32 Å². The van der Waals surface area contributed by atoms with Crippen LogP contribution in [-0.4, -0.2) is 43.0 Å². The van der Waals surface area contributed by atoms with Gasteiger partial charge >= 0.3 is 0 Å². The molecule has 1 N–H and O–H groups in total. The normalized spacial score (nSPS) is 18.5. The van der Waals surface area contributed by atoms with Crippen LogP contribution in [0, 0.1) is 5.92 Å². The van der Waals surface area contributed by atoms with Gasteiger partial charge in [-0.05, 0) is 49.8 Å². The largest absolute Gasteiger partial charge is 0.497 e. The fourth-order valence-electron chi connectivity index (χ4n) is 3.54.